The van der Waals surface area contributed by atoms with Gasteiger partial charge in [0.25, 0.3) is 0 Å². The standard InChI is InChI=1S/C19H22Cl2N4OS/c20-15-8-5-9-16(17(15)21)23-19(26)25(27)13-14-7-6-10-22-18(14)24-11-3-1-2-4-12-24/h5-10,27H,1-4,11-13H2,(H,23,26). The fourth-order valence-corrected chi connectivity index (χ4v) is 3.68. The van der Waals surface area contributed by atoms with E-state index in [1.54, 1.807) is 24.4 Å². The van der Waals surface area contributed by atoms with Crippen molar-refractivity contribution in [2.45, 2.75) is 32.2 Å². The van der Waals surface area contributed by atoms with Crippen molar-refractivity contribution in [3.05, 3.63) is 52.1 Å². The molecule has 3 rings (SSSR count). The molecule has 0 atom stereocenters. The summed E-state index contributed by atoms with van der Waals surface area (Å²) in [5, 5.41) is 3.43. The molecule has 2 amide bonds. The third kappa shape index (κ3) is 5.21. The number of urea groups is 1. The SMILES string of the molecule is O=C(Nc1cccc(Cl)c1Cl)N(S)Cc1cccnc1N1CCCCCC1. The Bertz CT molecular complexity index is 797. The number of benzene rings is 1. The molecule has 0 saturated carbocycles. The van der Waals surface area contributed by atoms with Crippen LogP contribution in [0.15, 0.2) is 36.5 Å². The highest BCUT2D eigenvalue weighted by atomic mass is 35.5. The van der Waals surface area contributed by atoms with E-state index in [2.05, 4.69) is 28.0 Å². The van der Waals surface area contributed by atoms with Crippen molar-refractivity contribution < 1.29 is 4.79 Å². The lowest BCUT2D eigenvalue weighted by molar-refractivity contribution is 0.238. The van der Waals surface area contributed by atoms with E-state index in [1.807, 2.05) is 12.1 Å². The van der Waals surface area contributed by atoms with Crippen molar-refractivity contribution in [1.29, 1.82) is 0 Å². The first-order chi connectivity index (χ1) is 13.1. The summed E-state index contributed by atoms with van der Waals surface area (Å²) >= 11 is 16.5. The van der Waals surface area contributed by atoms with Crippen molar-refractivity contribution in [2.75, 3.05) is 23.3 Å². The van der Waals surface area contributed by atoms with Crippen molar-refractivity contribution >= 4 is 53.6 Å². The molecule has 144 valence electrons. The molecule has 1 fully saturated rings. The first-order valence-corrected chi connectivity index (χ1v) is 10.1. The van der Waals surface area contributed by atoms with Crippen LogP contribution in [-0.2, 0) is 6.54 Å². The third-order valence-electron chi connectivity index (χ3n) is 4.52. The smallest absolute Gasteiger partial charge is 0.332 e. The molecule has 0 aliphatic carbocycles. The zero-order valence-corrected chi connectivity index (χ0v) is 17.3. The van der Waals surface area contributed by atoms with Crippen LogP contribution in [0.1, 0.15) is 31.2 Å². The van der Waals surface area contributed by atoms with Gasteiger partial charge in [0.2, 0.25) is 0 Å². The van der Waals surface area contributed by atoms with Crippen LogP contribution in [0.2, 0.25) is 10.0 Å². The highest BCUT2D eigenvalue weighted by Gasteiger charge is 2.19. The van der Waals surface area contributed by atoms with Crippen LogP contribution in [-0.4, -0.2) is 28.4 Å². The van der Waals surface area contributed by atoms with Crippen LogP contribution in [0.3, 0.4) is 0 Å². The third-order valence-corrected chi connectivity index (χ3v) is 5.66. The molecule has 1 aromatic heterocycles. The van der Waals surface area contributed by atoms with E-state index in [1.165, 1.54) is 17.1 Å². The number of hydrogen-bond acceptors (Lipinski definition) is 4. The minimum Gasteiger partial charge on any atom is -0.356 e. The topological polar surface area (TPSA) is 48.5 Å². The molecule has 1 aromatic carbocycles. The molecule has 8 heteroatoms. The lowest BCUT2D eigenvalue weighted by Crippen LogP contribution is -2.30. The van der Waals surface area contributed by atoms with Gasteiger partial charge in [0.15, 0.2) is 0 Å². The quantitative estimate of drug-likeness (QED) is 0.623. The summed E-state index contributed by atoms with van der Waals surface area (Å²) in [6, 6.07) is 8.57. The number of halogens is 2. The lowest BCUT2D eigenvalue weighted by atomic mass is 10.2. The number of carbonyl (C=O) groups excluding carboxylic acids is 1. The van der Waals surface area contributed by atoms with Crippen LogP contribution in [0.25, 0.3) is 0 Å². The maximum atomic E-state index is 12.5. The van der Waals surface area contributed by atoms with E-state index in [0.717, 1.165) is 37.3 Å². The zero-order chi connectivity index (χ0) is 19.2. The van der Waals surface area contributed by atoms with Gasteiger partial charge >= 0.3 is 6.03 Å². The molecule has 27 heavy (non-hydrogen) atoms. The monoisotopic (exact) mass is 424 g/mol. The molecule has 1 saturated heterocycles. The number of rotatable bonds is 4. The van der Waals surface area contributed by atoms with Crippen LogP contribution in [0.4, 0.5) is 16.3 Å². The molecule has 2 heterocycles. The van der Waals surface area contributed by atoms with Crippen LogP contribution < -0.4 is 10.2 Å². The summed E-state index contributed by atoms with van der Waals surface area (Å²) in [5.41, 5.74) is 1.41. The van der Waals surface area contributed by atoms with Gasteiger partial charge in [0, 0.05) is 24.8 Å². The van der Waals surface area contributed by atoms with E-state index in [0.29, 0.717) is 22.3 Å². The van der Waals surface area contributed by atoms with Crippen LogP contribution in [0.5, 0.6) is 0 Å². The zero-order valence-electron chi connectivity index (χ0n) is 14.9. The Kier molecular flexibility index (Phi) is 7.10. The van der Waals surface area contributed by atoms with Gasteiger partial charge in [-0.05, 0) is 31.0 Å². The molecule has 0 radical (unpaired) electrons. The van der Waals surface area contributed by atoms with E-state index < -0.39 is 0 Å². The molecule has 1 N–H and O–H groups in total. The average molecular weight is 425 g/mol. The molecule has 0 spiro atoms. The molecule has 1 aliphatic heterocycles. The number of nitrogens with one attached hydrogen (secondary N) is 1. The first-order valence-electron chi connectivity index (χ1n) is 8.96. The Morgan fingerprint density at radius 1 is 1.15 bits per heavy atom. The fourth-order valence-electron chi connectivity index (χ4n) is 3.13. The second-order valence-electron chi connectivity index (χ2n) is 6.48. The fraction of sp³-hybridized carbons (Fsp3) is 0.368. The number of hydrogen-bond donors (Lipinski definition) is 2. The minimum atomic E-state index is -0.381. The van der Waals surface area contributed by atoms with Crippen molar-refractivity contribution in [3.63, 3.8) is 0 Å². The largest absolute Gasteiger partial charge is 0.356 e. The summed E-state index contributed by atoms with van der Waals surface area (Å²) in [6.45, 7) is 2.30. The Hall–Kier alpha value is -1.63. The van der Waals surface area contributed by atoms with Gasteiger partial charge in [-0.15, -0.1) is 0 Å². The Morgan fingerprint density at radius 2 is 1.89 bits per heavy atom. The summed E-state index contributed by atoms with van der Waals surface area (Å²) in [4.78, 5) is 19.4. The van der Waals surface area contributed by atoms with Gasteiger partial charge in [-0.2, -0.15) is 0 Å². The number of amides is 2. The molecule has 1 aliphatic rings. The summed E-state index contributed by atoms with van der Waals surface area (Å²) < 4.78 is 1.32. The highest BCUT2D eigenvalue weighted by Crippen LogP contribution is 2.30. The van der Waals surface area contributed by atoms with Gasteiger partial charge in [-0.1, -0.05) is 61.0 Å². The van der Waals surface area contributed by atoms with Gasteiger partial charge in [0.05, 0.1) is 22.3 Å². The summed E-state index contributed by atoms with van der Waals surface area (Å²) in [7, 11) is 0. The highest BCUT2D eigenvalue weighted by molar-refractivity contribution is 7.78. The van der Waals surface area contributed by atoms with Crippen molar-refractivity contribution in [2.24, 2.45) is 0 Å². The molecule has 2 aromatic rings. The number of thiol groups is 1. The van der Waals surface area contributed by atoms with E-state index in [-0.39, 0.29) is 6.03 Å². The second kappa shape index (κ2) is 9.53. The Labute approximate surface area is 175 Å². The van der Waals surface area contributed by atoms with Gasteiger partial charge in [-0.25, -0.2) is 9.78 Å². The summed E-state index contributed by atoms with van der Waals surface area (Å²) in [5.74, 6) is 0.923. The van der Waals surface area contributed by atoms with Gasteiger partial charge in [-0.3, -0.25) is 4.31 Å². The van der Waals surface area contributed by atoms with E-state index in [4.69, 9.17) is 23.2 Å². The first kappa shape index (κ1) is 20.1. The van der Waals surface area contributed by atoms with E-state index >= 15 is 0 Å². The average Bonchev–Trinajstić information content (AvgIpc) is 2.95. The molecule has 0 bridgehead atoms. The van der Waals surface area contributed by atoms with Crippen LogP contribution >= 0.6 is 36.0 Å². The number of carbonyl (C=O) groups is 1. The van der Waals surface area contributed by atoms with Crippen molar-refractivity contribution in [3.8, 4) is 0 Å². The second-order valence-corrected chi connectivity index (χ2v) is 7.74. The maximum absolute atomic E-state index is 12.5. The molecule has 5 nitrogen and oxygen atoms in total. The summed E-state index contributed by atoms with van der Waals surface area (Å²) in [6.07, 6.45) is 6.61. The van der Waals surface area contributed by atoms with Crippen molar-refractivity contribution in [1.82, 2.24) is 9.29 Å². The predicted molar refractivity (Wildman–Crippen MR) is 115 cm³/mol. The number of aromatic nitrogens is 1. The van der Waals surface area contributed by atoms with E-state index in [9.17, 15) is 4.79 Å². The normalized spacial score (nSPS) is 14.6. The molecular formula is C19H22Cl2N4OS. The Morgan fingerprint density at radius 3 is 2.63 bits per heavy atom. The lowest BCUT2D eigenvalue weighted by Gasteiger charge is -2.25. The predicted octanol–water partition coefficient (Wildman–Crippen LogP) is 5.65. The maximum Gasteiger partial charge on any atom is 0.332 e. The Balaban J connectivity index is 1.71. The molecular weight excluding hydrogens is 403 g/mol. The van der Waals surface area contributed by atoms with Gasteiger partial charge in [0.1, 0.15) is 5.82 Å². The van der Waals surface area contributed by atoms with Gasteiger partial charge < -0.3 is 10.2 Å². The molecule has 0 unspecified atom stereocenters. The number of anilines is 2. The minimum absolute atomic E-state index is 0.306. The number of nitrogens with zero attached hydrogens (tertiary/aromatic N) is 3. The van der Waals surface area contributed by atoms with Crippen LogP contribution in [0, 0.1) is 0 Å². The number of pyridine rings is 1.